The molecule has 1 aliphatic heterocycles. The van der Waals surface area contributed by atoms with E-state index in [-0.39, 0.29) is 6.03 Å². The van der Waals surface area contributed by atoms with Crippen LogP contribution in [0.2, 0.25) is 0 Å². The van der Waals surface area contributed by atoms with Gasteiger partial charge in [-0.25, -0.2) is 4.79 Å². The number of likely N-dealkylation sites (tertiary alicyclic amines) is 1. The van der Waals surface area contributed by atoms with Crippen LogP contribution >= 0.6 is 0 Å². The zero-order chi connectivity index (χ0) is 13.9. The molecular weight excluding hydrogens is 252 g/mol. The lowest BCUT2D eigenvalue weighted by Gasteiger charge is -2.17. The minimum atomic E-state index is 0.105. The van der Waals surface area contributed by atoms with E-state index in [4.69, 9.17) is 4.74 Å². The fourth-order valence-electron chi connectivity index (χ4n) is 2.76. The molecule has 1 atom stereocenters. The van der Waals surface area contributed by atoms with Crippen LogP contribution in [0.25, 0.3) is 0 Å². The zero-order valence-electron chi connectivity index (χ0n) is 12.0. The van der Waals surface area contributed by atoms with Crippen LogP contribution in [0.15, 0.2) is 24.3 Å². The standard InChI is InChI=1S/C16H22N2O2/c1-20-15-6-4-13(5-7-15)14-8-9-18(11-14)16(19)17-10-12-2-3-12/h4-7,12,14H,2-3,8-11H2,1H3,(H,17,19)/t14-/m0/s1. The molecule has 2 fully saturated rings. The number of methoxy groups -OCH3 is 1. The summed E-state index contributed by atoms with van der Waals surface area (Å²) in [6, 6.07) is 8.30. The van der Waals surface area contributed by atoms with Crippen LogP contribution in [0, 0.1) is 5.92 Å². The minimum Gasteiger partial charge on any atom is -0.497 e. The number of nitrogens with one attached hydrogen (secondary N) is 1. The van der Waals surface area contributed by atoms with Gasteiger partial charge in [0.1, 0.15) is 5.75 Å². The Balaban J connectivity index is 1.53. The molecule has 0 aromatic heterocycles. The zero-order valence-corrected chi connectivity index (χ0v) is 12.0. The third-order valence-corrected chi connectivity index (χ3v) is 4.30. The molecule has 2 aliphatic rings. The van der Waals surface area contributed by atoms with E-state index in [2.05, 4.69) is 17.4 Å². The predicted octanol–water partition coefficient (Wildman–Crippen LogP) is 2.60. The summed E-state index contributed by atoms with van der Waals surface area (Å²) in [5.74, 6) is 2.07. The molecule has 4 heteroatoms. The summed E-state index contributed by atoms with van der Waals surface area (Å²) in [6.07, 6.45) is 3.59. The fraction of sp³-hybridized carbons (Fsp3) is 0.562. The first-order valence-corrected chi connectivity index (χ1v) is 7.43. The van der Waals surface area contributed by atoms with Crippen molar-refractivity contribution in [3.63, 3.8) is 0 Å². The molecule has 2 amide bonds. The number of amides is 2. The number of urea groups is 1. The quantitative estimate of drug-likeness (QED) is 0.917. The average Bonchev–Trinajstić information content (AvgIpc) is 3.19. The van der Waals surface area contributed by atoms with Crippen LogP contribution in [-0.2, 0) is 0 Å². The number of hydrogen-bond donors (Lipinski definition) is 1. The fourth-order valence-corrected chi connectivity index (χ4v) is 2.76. The molecule has 1 N–H and O–H groups in total. The Kier molecular flexibility index (Phi) is 3.81. The van der Waals surface area contributed by atoms with E-state index in [1.807, 2.05) is 17.0 Å². The van der Waals surface area contributed by atoms with Crippen LogP contribution < -0.4 is 10.1 Å². The number of carbonyl (C=O) groups excluding carboxylic acids is 1. The van der Waals surface area contributed by atoms with Crippen molar-refractivity contribution in [1.29, 1.82) is 0 Å². The van der Waals surface area contributed by atoms with Gasteiger partial charge >= 0.3 is 6.03 Å². The van der Waals surface area contributed by atoms with E-state index in [1.54, 1.807) is 7.11 Å². The van der Waals surface area contributed by atoms with Gasteiger partial charge in [-0.15, -0.1) is 0 Å². The highest BCUT2D eigenvalue weighted by Gasteiger charge is 2.28. The molecular formula is C16H22N2O2. The lowest BCUT2D eigenvalue weighted by Crippen LogP contribution is -2.39. The first kappa shape index (κ1) is 13.3. The first-order chi connectivity index (χ1) is 9.76. The molecule has 1 saturated heterocycles. The summed E-state index contributed by atoms with van der Waals surface area (Å²) in [7, 11) is 1.68. The Hall–Kier alpha value is -1.71. The van der Waals surface area contributed by atoms with Gasteiger partial charge in [-0.2, -0.15) is 0 Å². The van der Waals surface area contributed by atoms with E-state index in [1.165, 1.54) is 18.4 Å². The molecule has 3 rings (SSSR count). The first-order valence-electron chi connectivity index (χ1n) is 7.43. The molecule has 4 nitrogen and oxygen atoms in total. The van der Waals surface area contributed by atoms with Crippen LogP contribution in [0.1, 0.15) is 30.7 Å². The Bertz CT molecular complexity index is 468. The number of benzene rings is 1. The van der Waals surface area contributed by atoms with Gasteiger partial charge in [-0.3, -0.25) is 0 Å². The highest BCUT2D eigenvalue weighted by atomic mass is 16.5. The smallest absolute Gasteiger partial charge is 0.317 e. The Morgan fingerprint density at radius 1 is 1.30 bits per heavy atom. The van der Waals surface area contributed by atoms with Crippen molar-refractivity contribution in [3.05, 3.63) is 29.8 Å². The summed E-state index contributed by atoms with van der Waals surface area (Å²) in [5, 5.41) is 3.04. The van der Waals surface area contributed by atoms with E-state index in [0.29, 0.717) is 5.92 Å². The Morgan fingerprint density at radius 3 is 2.70 bits per heavy atom. The monoisotopic (exact) mass is 274 g/mol. The number of rotatable bonds is 4. The summed E-state index contributed by atoms with van der Waals surface area (Å²) >= 11 is 0. The third-order valence-electron chi connectivity index (χ3n) is 4.30. The van der Waals surface area contributed by atoms with Crippen LogP contribution in [0.4, 0.5) is 4.79 Å². The van der Waals surface area contributed by atoms with Gasteiger partial charge in [-0.1, -0.05) is 12.1 Å². The molecule has 0 unspecified atom stereocenters. The highest BCUT2D eigenvalue weighted by Crippen LogP contribution is 2.29. The number of hydrogen-bond acceptors (Lipinski definition) is 2. The second kappa shape index (κ2) is 5.73. The maximum Gasteiger partial charge on any atom is 0.317 e. The summed E-state index contributed by atoms with van der Waals surface area (Å²) < 4.78 is 5.18. The predicted molar refractivity (Wildman–Crippen MR) is 78.0 cm³/mol. The minimum absolute atomic E-state index is 0.105. The van der Waals surface area contributed by atoms with Crippen molar-refractivity contribution in [2.24, 2.45) is 5.92 Å². The van der Waals surface area contributed by atoms with Crippen molar-refractivity contribution in [1.82, 2.24) is 10.2 Å². The molecule has 1 heterocycles. The number of nitrogens with zero attached hydrogens (tertiary/aromatic N) is 1. The van der Waals surface area contributed by atoms with Gasteiger partial charge < -0.3 is 15.0 Å². The second-order valence-corrected chi connectivity index (χ2v) is 5.83. The maximum absolute atomic E-state index is 12.0. The van der Waals surface area contributed by atoms with Crippen LogP contribution in [0.5, 0.6) is 5.75 Å². The molecule has 20 heavy (non-hydrogen) atoms. The third kappa shape index (κ3) is 3.06. The van der Waals surface area contributed by atoms with Crippen molar-refractivity contribution >= 4 is 6.03 Å². The summed E-state index contributed by atoms with van der Waals surface area (Å²) in [4.78, 5) is 14.0. The van der Waals surface area contributed by atoms with Crippen molar-refractivity contribution in [2.45, 2.75) is 25.2 Å². The molecule has 1 aromatic carbocycles. The van der Waals surface area contributed by atoms with E-state index >= 15 is 0 Å². The van der Waals surface area contributed by atoms with Gasteiger partial charge in [0, 0.05) is 25.6 Å². The molecule has 0 radical (unpaired) electrons. The van der Waals surface area contributed by atoms with Gasteiger partial charge in [0.25, 0.3) is 0 Å². The summed E-state index contributed by atoms with van der Waals surface area (Å²) in [6.45, 7) is 2.53. The number of ether oxygens (including phenoxy) is 1. The van der Waals surface area contributed by atoms with Crippen LogP contribution in [-0.4, -0.2) is 37.7 Å². The average molecular weight is 274 g/mol. The van der Waals surface area contributed by atoms with Crippen molar-refractivity contribution in [3.8, 4) is 5.75 Å². The molecule has 0 spiro atoms. The second-order valence-electron chi connectivity index (χ2n) is 5.83. The molecule has 1 aromatic rings. The van der Waals surface area contributed by atoms with Crippen molar-refractivity contribution in [2.75, 3.05) is 26.7 Å². The number of carbonyl (C=O) groups is 1. The lowest BCUT2D eigenvalue weighted by atomic mass is 9.98. The van der Waals surface area contributed by atoms with Gasteiger partial charge in [0.15, 0.2) is 0 Å². The Labute approximate surface area is 120 Å². The molecule has 108 valence electrons. The van der Waals surface area contributed by atoms with E-state index in [9.17, 15) is 4.79 Å². The SMILES string of the molecule is COc1ccc([C@H]2CCN(C(=O)NCC3CC3)C2)cc1. The largest absolute Gasteiger partial charge is 0.497 e. The molecule has 1 saturated carbocycles. The van der Waals surface area contributed by atoms with Gasteiger partial charge in [-0.05, 0) is 42.9 Å². The Morgan fingerprint density at radius 2 is 2.05 bits per heavy atom. The van der Waals surface area contributed by atoms with E-state index < -0.39 is 0 Å². The van der Waals surface area contributed by atoms with Crippen LogP contribution in [0.3, 0.4) is 0 Å². The molecule has 1 aliphatic carbocycles. The normalized spacial score (nSPS) is 21.9. The molecule has 0 bridgehead atoms. The van der Waals surface area contributed by atoms with E-state index in [0.717, 1.165) is 37.7 Å². The van der Waals surface area contributed by atoms with Gasteiger partial charge in [0.05, 0.1) is 7.11 Å². The highest BCUT2D eigenvalue weighted by molar-refractivity contribution is 5.74. The topological polar surface area (TPSA) is 41.6 Å². The lowest BCUT2D eigenvalue weighted by molar-refractivity contribution is 0.208. The van der Waals surface area contributed by atoms with Gasteiger partial charge in [0.2, 0.25) is 0 Å². The summed E-state index contributed by atoms with van der Waals surface area (Å²) in [5.41, 5.74) is 1.29. The maximum atomic E-state index is 12.0. The van der Waals surface area contributed by atoms with Crippen molar-refractivity contribution < 1.29 is 9.53 Å².